The summed E-state index contributed by atoms with van der Waals surface area (Å²) in [5.74, 6) is 0. The standard InChI is InChI=1S/3C8H11N.3CH3.3Y/c1-7-2-4-8(6-9)5-3-7;1-7-3-2-4-8(5-7)6-9;1-7-4-2-3-5-8(7)6-9;;;;;;/h3*2-5H,6,9H2,1H3;3*1H3;;;/q;;;3*-1;;;. The number of hydrogen-bond donors (Lipinski definition) is 3. The molecule has 0 atom stereocenters. The van der Waals surface area contributed by atoms with E-state index in [0.29, 0.717) is 19.6 Å². The molecule has 0 aliphatic carbocycles. The van der Waals surface area contributed by atoms with Crippen molar-refractivity contribution in [2.24, 2.45) is 17.2 Å². The fourth-order valence-corrected chi connectivity index (χ4v) is 2.40. The third-order valence-corrected chi connectivity index (χ3v) is 4.16. The fourth-order valence-electron chi connectivity index (χ4n) is 2.40. The summed E-state index contributed by atoms with van der Waals surface area (Å²) in [5, 5.41) is 0. The van der Waals surface area contributed by atoms with Gasteiger partial charge >= 0.3 is 0 Å². The zero-order valence-corrected chi connectivity index (χ0v) is 30.0. The number of nitrogens with two attached hydrogens (primary N) is 3. The summed E-state index contributed by atoms with van der Waals surface area (Å²) in [5.41, 5.74) is 23.7. The largest absolute Gasteiger partial charge is 0.358 e. The predicted molar refractivity (Wildman–Crippen MR) is 136 cm³/mol. The van der Waals surface area contributed by atoms with E-state index in [1.165, 1.54) is 33.4 Å². The number of rotatable bonds is 3. The van der Waals surface area contributed by atoms with Crippen molar-refractivity contribution in [3.63, 3.8) is 0 Å². The van der Waals surface area contributed by atoms with Gasteiger partial charge in [0.2, 0.25) is 0 Å². The van der Waals surface area contributed by atoms with E-state index in [1.807, 2.05) is 24.3 Å². The molecule has 6 N–H and O–H groups in total. The van der Waals surface area contributed by atoms with Gasteiger partial charge in [-0.3, -0.25) is 0 Å². The monoisotopic (exact) mass is 675 g/mol. The van der Waals surface area contributed by atoms with E-state index in [0.717, 1.165) is 0 Å². The molecule has 3 radical (unpaired) electrons. The van der Waals surface area contributed by atoms with Gasteiger partial charge < -0.3 is 39.5 Å². The zero-order chi connectivity index (χ0) is 20.1. The van der Waals surface area contributed by atoms with E-state index >= 15 is 0 Å². The second-order valence-corrected chi connectivity index (χ2v) is 6.51. The smallest absolute Gasteiger partial charge is 0.0180 e. The molecule has 0 aromatic heterocycles. The molecule has 33 heavy (non-hydrogen) atoms. The number of hydrogen-bond acceptors (Lipinski definition) is 3. The summed E-state index contributed by atoms with van der Waals surface area (Å²) in [6.07, 6.45) is 0. The Hall–Kier alpha value is 0.852. The van der Waals surface area contributed by atoms with E-state index in [9.17, 15) is 0 Å². The van der Waals surface area contributed by atoms with Crippen LogP contribution in [0.4, 0.5) is 0 Å². The van der Waals surface area contributed by atoms with Crippen molar-refractivity contribution in [1.82, 2.24) is 0 Å². The minimum absolute atomic E-state index is 0. The van der Waals surface area contributed by atoms with Crippen molar-refractivity contribution in [2.45, 2.75) is 40.4 Å². The molecule has 0 saturated heterocycles. The van der Waals surface area contributed by atoms with Crippen molar-refractivity contribution in [1.29, 1.82) is 0 Å². The van der Waals surface area contributed by atoms with Crippen molar-refractivity contribution in [2.75, 3.05) is 0 Å². The summed E-state index contributed by atoms with van der Waals surface area (Å²) >= 11 is 0. The molecule has 0 aliphatic heterocycles. The fraction of sp³-hybridized carbons (Fsp3) is 0.222. The van der Waals surface area contributed by atoms with Crippen molar-refractivity contribution in [3.8, 4) is 0 Å². The van der Waals surface area contributed by atoms with Gasteiger partial charge in [-0.2, -0.15) is 0 Å². The van der Waals surface area contributed by atoms with Gasteiger partial charge in [-0.05, 0) is 43.0 Å². The van der Waals surface area contributed by atoms with Gasteiger partial charge in [-0.1, -0.05) is 83.9 Å². The Bertz CT molecular complexity index is 795. The molecule has 0 bridgehead atoms. The van der Waals surface area contributed by atoms with E-state index in [-0.39, 0.29) is 120 Å². The molecule has 3 aromatic rings. The zero-order valence-electron chi connectivity index (χ0n) is 21.5. The van der Waals surface area contributed by atoms with E-state index < -0.39 is 0 Å². The van der Waals surface area contributed by atoms with Crippen molar-refractivity contribution in [3.05, 3.63) is 128 Å². The van der Waals surface area contributed by atoms with Crippen LogP contribution >= 0.6 is 0 Å². The summed E-state index contributed by atoms with van der Waals surface area (Å²) in [7, 11) is 0. The first-order valence-corrected chi connectivity index (χ1v) is 9.26. The van der Waals surface area contributed by atoms with Gasteiger partial charge in [0, 0.05) is 118 Å². The third kappa shape index (κ3) is 21.8. The van der Waals surface area contributed by atoms with Crippen LogP contribution in [0.25, 0.3) is 0 Å². The van der Waals surface area contributed by atoms with Crippen LogP contribution in [0.2, 0.25) is 0 Å². The maximum atomic E-state index is 5.45. The minimum Gasteiger partial charge on any atom is -0.358 e. The van der Waals surface area contributed by atoms with Gasteiger partial charge in [-0.15, -0.1) is 0 Å². The van der Waals surface area contributed by atoms with Crippen LogP contribution in [0.15, 0.2) is 72.8 Å². The maximum Gasteiger partial charge on any atom is 0.0180 e. The van der Waals surface area contributed by atoms with Gasteiger partial charge in [0.05, 0.1) is 0 Å². The van der Waals surface area contributed by atoms with Gasteiger partial charge in [0.25, 0.3) is 0 Å². The molecule has 3 nitrogen and oxygen atoms in total. The van der Waals surface area contributed by atoms with Crippen LogP contribution in [-0.4, -0.2) is 0 Å². The quantitative estimate of drug-likeness (QED) is 0.312. The molecule has 177 valence electrons. The molecular formula is C27H42N3Y3-3. The number of benzene rings is 3. The second-order valence-electron chi connectivity index (χ2n) is 6.51. The molecule has 0 spiro atoms. The average molecular weight is 675 g/mol. The van der Waals surface area contributed by atoms with Crippen LogP contribution in [-0.2, 0) is 118 Å². The maximum absolute atomic E-state index is 5.45. The SMILES string of the molecule is Cc1ccc(CN)cc1.Cc1cccc(CN)c1.Cc1ccccc1CN.[CH3-].[CH3-].[CH3-].[Y].[Y].[Y]. The van der Waals surface area contributed by atoms with Gasteiger partial charge in [0.1, 0.15) is 0 Å². The van der Waals surface area contributed by atoms with Gasteiger partial charge in [-0.25, -0.2) is 0 Å². The van der Waals surface area contributed by atoms with Crippen LogP contribution in [0.1, 0.15) is 33.4 Å². The van der Waals surface area contributed by atoms with Crippen molar-refractivity contribution < 1.29 is 98.1 Å². The Morgan fingerprint density at radius 1 is 0.515 bits per heavy atom. The molecule has 3 aromatic carbocycles. The van der Waals surface area contributed by atoms with Crippen molar-refractivity contribution >= 4 is 0 Å². The number of aryl methyl sites for hydroxylation is 3. The first-order valence-electron chi connectivity index (χ1n) is 9.26. The summed E-state index contributed by atoms with van der Waals surface area (Å²) in [6, 6.07) is 24.6. The van der Waals surface area contributed by atoms with E-state index in [1.54, 1.807) is 0 Å². The van der Waals surface area contributed by atoms with Crippen LogP contribution < -0.4 is 17.2 Å². The molecule has 0 aliphatic rings. The Kier molecular flexibility index (Phi) is 41.5. The normalized spacial score (nSPS) is 7.82. The minimum atomic E-state index is 0. The van der Waals surface area contributed by atoms with E-state index in [2.05, 4.69) is 69.3 Å². The molecule has 0 fully saturated rings. The third-order valence-electron chi connectivity index (χ3n) is 4.16. The Morgan fingerprint density at radius 2 is 1.03 bits per heavy atom. The van der Waals surface area contributed by atoms with Crippen LogP contribution in [0.5, 0.6) is 0 Å². The topological polar surface area (TPSA) is 78.1 Å². The molecule has 0 unspecified atom stereocenters. The molecule has 0 amide bonds. The van der Waals surface area contributed by atoms with Crippen LogP contribution in [0, 0.1) is 43.1 Å². The second kappa shape index (κ2) is 29.1. The molecule has 6 heteroatoms. The van der Waals surface area contributed by atoms with E-state index in [4.69, 9.17) is 17.2 Å². The Labute approximate surface area is 280 Å². The summed E-state index contributed by atoms with van der Waals surface area (Å²) in [4.78, 5) is 0. The summed E-state index contributed by atoms with van der Waals surface area (Å²) in [6.45, 7) is 8.14. The average Bonchev–Trinajstić information content (AvgIpc) is 2.70. The van der Waals surface area contributed by atoms with Crippen LogP contribution in [0.3, 0.4) is 0 Å². The Morgan fingerprint density at radius 3 is 1.39 bits per heavy atom. The summed E-state index contributed by atoms with van der Waals surface area (Å²) < 4.78 is 0. The molecular weight excluding hydrogens is 633 g/mol. The Balaban J connectivity index is -0.0000000759. The first kappa shape index (κ1) is 47.1. The first-order chi connectivity index (χ1) is 13.0. The molecule has 0 saturated carbocycles. The molecule has 3 rings (SSSR count). The van der Waals surface area contributed by atoms with Gasteiger partial charge in [0.15, 0.2) is 0 Å². The predicted octanol–water partition coefficient (Wildman–Crippen LogP) is 5.70. The molecule has 0 heterocycles.